The van der Waals surface area contributed by atoms with Crippen molar-refractivity contribution in [1.82, 2.24) is 24.7 Å². The molecule has 0 amide bonds. The Morgan fingerprint density at radius 2 is 2.03 bits per heavy atom. The zero-order chi connectivity index (χ0) is 19.8. The molecule has 7 nitrogen and oxygen atoms in total. The van der Waals surface area contributed by atoms with Crippen molar-refractivity contribution < 1.29 is 9.26 Å². The van der Waals surface area contributed by atoms with E-state index in [0.29, 0.717) is 18.3 Å². The number of nitrogens with zero attached hydrogens (tertiary/aromatic N) is 5. The van der Waals surface area contributed by atoms with Crippen LogP contribution in [0.5, 0.6) is 0 Å². The van der Waals surface area contributed by atoms with E-state index in [1.165, 1.54) is 11.3 Å². The van der Waals surface area contributed by atoms with Crippen molar-refractivity contribution in [3.05, 3.63) is 66.4 Å². The minimum atomic E-state index is 0.455. The van der Waals surface area contributed by atoms with Crippen LogP contribution in [-0.2, 0) is 11.3 Å². The van der Waals surface area contributed by atoms with Crippen molar-refractivity contribution in [2.45, 2.75) is 13.5 Å². The van der Waals surface area contributed by atoms with E-state index in [1.807, 2.05) is 43.6 Å². The van der Waals surface area contributed by atoms with E-state index in [2.05, 4.69) is 25.8 Å². The Kier molecular flexibility index (Phi) is 4.42. The minimum Gasteiger partial charge on any atom is -0.380 e. The fourth-order valence-electron chi connectivity index (χ4n) is 3.37. The average molecular weight is 403 g/mol. The number of ether oxygens (including phenoxy) is 1. The lowest BCUT2D eigenvalue weighted by atomic mass is 10.1. The zero-order valence-electron chi connectivity index (χ0n) is 15.9. The summed E-state index contributed by atoms with van der Waals surface area (Å²) in [5, 5.41) is 5.19. The third-order valence-corrected chi connectivity index (χ3v) is 5.61. The van der Waals surface area contributed by atoms with Gasteiger partial charge in [0.15, 0.2) is 0 Å². The molecular weight excluding hydrogens is 386 g/mol. The van der Waals surface area contributed by atoms with Crippen molar-refractivity contribution in [2.75, 3.05) is 7.11 Å². The molecule has 0 spiro atoms. The first-order valence-corrected chi connectivity index (χ1v) is 9.86. The number of pyridine rings is 2. The molecule has 8 heteroatoms. The molecule has 0 aromatic carbocycles. The number of hydrogen-bond acceptors (Lipinski definition) is 7. The molecule has 0 bridgehead atoms. The summed E-state index contributed by atoms with van der Waals surface area (Å²) in [5.74, 6) is 0.960. The monoisotopic (exact) mass is 403 g/mol. The molecule has 29 heavy (non-hydrogen) atoms. The standard InChI is InChI=1S/C21H17N5O2S/c1-13-10-15(12-27-2)16-17(26-8-3-4-9-26)18(29-21(16)23-13)20-24-19(25-28-20)14-6-5-7-22-11-14/h3-11H,12H2,1-2H3. The van der Waals surface area contributed by atoms with Crippen LogP contribution in [0.25, 0.3) is 38.1 Å². The lowest BCUT2D eigenvalue weighted by molar-refractivity contribution is 0.186. The van der Waals surface area contributed by atoms with Crippen LogP contribution in [0.3, 0.4) is 0 Å². The summed E-state index contributed by atoms with van der Waals surface area (Å²) in [6, 6.07) is 9.78. The van der Waals surface area contributed by atoms with Gasteiger partial charge in [0.1, 0.15) is 9.71 Å². The van der Waals surface area contributed by atoms with Gasteiger partial charge in [0.2, 0.25) is 5.82 Å². The van der Waals surface area contributed by atoms with E-state index in [1.54, 1.807) is 19.5 Å². The van der Waals surface area contributed by atoms with Gasteiger partial charge in [0.25, 0.3) is 5.89 Å². The fourth-order valence-corrected chi connectivity index (χ4v) is 4.56. The maximum absolute atomic E-state index is 5.65. The summed E-state index contributed by atoms with van der Waals surface area (Å²) in [6.45, 7) is 2.48. The minimum absolute atomic E-state index is 0.455. The van der Waals surface area contributed by atoms with Gasteiger partial charge in [-0.15, -0.1) is 11.3 Å². The number of methoxy groups -OCH3 is 1. The molecule has 0 saturated heterocycles. The Morgan fingerprint density at radius 1 is 1.17 bits per heavy atom. The van der Waals surface area contributed by atoms with Crippen molar-refractivity contribution in [3.63, 3.8) is 0 Å². The molecule has 5 rings (SSSR count). The van der Waals surface area contributed by atoms with Crippen LogP contribution < -0.4 is 0 Å². The predicted molar refractivity (Wildman–Crippen MR) is 111 cm³/mol. The summed E-state index contributed by atoms with van der Waals surface area (Å²) >= 11 is 1.54. The normalized spacial score (nSPS) is 11.4. The summed E-state index contributed by atoms with van der Waals surface area (Å²) in [4.78, 5) is 15.3. The highest BCUT2D eigenvalue weighted by Crippen LogP contribution is 2.42. The average Bonchev–Trinajstić information content (AvgIpc) is 3.47. The van der Waals surface area contributed by atoms with E-state index in [-0.39, 0.29) is 0 Å². The summed E-state index contributed by atoms with van der Waals surface area (Å²) < 4.78 is 13.2. The first kappa shape index (κ1) is 17.7. The largest absolute Gasteiger partial charge is 0.380 e. The second kappa shape index (κ2) is 7.23. The van der Waals surface area contributed by atoms with Gasteiger partial charge < -0.3 is 13.8 Å². The second-order valence-corrected chi connectivity index (χ2v) is 7.57. The summed E-state index contributed by atoms with van der Waals surface area (Å²) in [7, 11) is 1.70. The first-order chi connectivity index (χ1) is 14.2. The zero-order valence-corrected chi connectivity index (χ0v) is 16.7. The van der Waals surface area contributed by atoms with Gasteiger partial charge in [0.05, 0.1) is 12.3 Å². The van der Waals surface area contributed by atoms with Gasteiger partial charge >= 0.3 is 0 Å². The smallest absolute Gasteiger partial charge is 0.270 e. The molecule has 144 valence electrons. The fraction of sp³-hybridized carbons (Fsp3) is 0.143. The molecule has 5 aromatic heterocycles. The van der Waals surface area contributed by atoms with Crippen LogP contribution in [-0.4, -0.2) is 31.8 Å². The Labute approximate surface area is 170 Å². The molecule has 0 unspecified atom stereocenters. The van der Waals surface area contributed by atoms with Gasteiger partial charge in [-0.2, -0.15) is 4.98 Å². The highest BCUT2D eigenvalue weighted by Gasteiger charge is 2.23. The van der Waals surface area contributed by atoms with Crippen molar-refractivity contribution in [3.8, 4) is 27.8 Å². The Morgan fingerprint density at radius 3 is 2.79 bits per heavy atom. The predicted octanol–water partition coefficient (Wildman–Crippen LogP) is 4.65. The maximum atomic E-state index is 5.65. The number of fused-ring (bicyclic) bond motifs is 1. The molecule has 5 aromatic rings. The van der Waals surface area contributed by atoms with Crippen LogP contribution in [0.2, 0.25) is 0 Å². The van der Waals surface area contributed by atoms with Gasteiger partial charge in [0, 0.05) is 48.5 Å². The molecule has 5 heterocycles. The van der Waals surface area contributed by atoms with Crippen LogP contribution >= 0.6 is 11.3 Å². The van der Waals surface area contributed by atoms with Crippen LogP contribution in [0.4, 0.5) is 0 Å². The molecule has 0 aliphatic carbocycles. The second-order valence-electron chi connectivity index (χ2n) is 6.57. The van der Waals surface area contributed by atoms with E-state index in [9.17, 15) is 0 Å². The van der Waals surface area contributed by atoms with Crippen LogP contribution in [0.15, 0.2) is 59.6 Å². The molecule has 0 aliphatic heterocycles. The van der Waals surface area contributed by atoms with Crippen molar-refractivity contribution in [1.29, 1.82) is 0 Å². The molecule has 0 fully saturated rings. The van der Waals surface area contributed by atoms with E-state index in [0.717, 1.165) is 37.6 Å². The topological polar surface area (TPSA) is 78.9 Å². The molecular formula is C21H17N5O2S. The highest BCUT2D eigenvalue weighted by atomic mass is 32.1. The number of aryl methyl sites for hydroxylation is 1. The van der Waals surface area contributed by atoms with Gasteiger partial charge in [-0.25, -0.2) is 4.98 Å². The quantitative estimate of drug-likeness (QED) is 0.425. The van der Waals surface area contributed by atoms with Crippen molar-refractivity contribution >= 4 is 21.6 Å². The Balaban J connectivity index is 1.75. The van der Waals surface area contributed by atoms with Crippen LogP contribution in [0.1, 0.15) is 11.3 Å². The van der Waals surface area contributed by atoms with E-state index in [4.69, 9.17) is 14.2 Å². The number of rotatable bonds is 5. The summed E-state index contributed by atoms with van der Waals surface area (Å²) in [5.41, 5.74) is 3.79. The molecule has 0 radical (unpaired) electrons. The first-order valence-electron chi connectivity index (χ1n) is 9.04. The van der Waals surface area contributed by atoms with Gasteiger partial charge in [-0.05, 0) is 42.8 Å². The Hall–Kier alpha value is -3.36. The molecule has 0 aliphatic rings. The van der Waals surface area contributed by atoms with Crippen molar-refractivity contribution in [2.24, 2.45) is 0 Å². The lowest BCUT2D eigenvalue weighted by Gasteiger charge is -2.08. The van der Waals surface area contributed by atoms with E-state index >= 15 is 0 Å². The maximum Gasteiger partial charge on any atom is 0.270 e. The molecule has 0 atom stereocenters. The summed E-state index contributed by atoms with van der Waals surface area (Å²) in [6.07, 6.45) is 7.43. The van der Waals surface area contributed by atoms with E-state index < -0.39 is 0 Å². The molecule has 0 N–H and O–H groups in total. The number of hydrogen-bond donors (Lipinski definition) is 0. The SMILES string of the molecule is COCc1cc(C)nc2sc(-c3nc(-c4cccnc4)no3)c(-n3cccc3)c12. The van der Waals surface area contributed by atoms with Crippen LogP contribution in [0, 0.1) is 6.92 Å². The number of aromatic nitrogens is 5. The Bertz CT molecular complexity index is 1280. The highest BCUT2D eigenvalue weighted by molar-refractivity contribution is 7.22. The lowest BCUT2D eigenvalue weighted by Crippen LogP contribution is -1.97. The van der Waals surface area contributed by atoms with Gasteiger partial charge in [-0.3, -0.25) is 4.98 Å². The van der Waals surface area contributed by atoms with Gasteiger partial charge in [-0.1, -0.05) is 5.16 Å². The molecule has 0 saturated carbocycles. The third kappa shape index (κ3) is 3.12. The number of thiophene rings is 1. The third-order valence-electron chi connectivity index (χ3n) is 4.55.